The lowest BCUT2D eigenvalue weighted by Gasteiger charge is -2.05. The van der Waals surface area contributed by atoms with E-state index in [4.69, 9.17) is 5.11 Å². The van der Waals surface area contributed by atoms with Gasteiger partial charge in [-0.05, 0) is 52.0 Å². The van der Waals surface area contributed by atoms with Crippen LogP contribution in [0.5, 0.6) is 0 Å². The number of aryl methyl sites for hydroxylation is 1. The molecule has 1 aromatic heterocycles. The Bertz CT molecular complexity index is 649. The van der Waals surface area contributed by atoms with Gasteiger partial charge in [0.1, 0.15) is 0 Å². The van der Waals surface area contributed by atoms with Crippen LogP contribution in [0.2, 0.25) is 0 Å². The minimum atomic E-state index is -1.24. The smallest absolute Gasteiger partial charge is 0.335 e. The molecule has 100 valence electrons. The summed E-state index contributed by atoms with van der Waals surface area (Å²) in [6.07, 6.45) is 0. The molecule has 6 heteroatoms. The van der Waals surface area contributed by atoms with Crippen molar-refractivity contribution >= 4 is 44.0 Å². The minimum Gasteiger partial charge on any atom is -0.478 e. The molecule has 1 atom stereocenters. The van der Waals surface area contributed by atoms with Crippen LogP contribution in [0.3, 0.4) is 0 Å². The summed E-state index contributed by atoms with van der Waals surface area (Å²) in [5, 5.41) is 11.0. The first-order valence-electron chi connectivity index (χ1n) is 5.43. The number of benzene rings is 1. The molecule has 0 saturated carbocycles. The zero-order valence-electron chi connectivity index (χ0n) is 10.1. The van der Waals surface area contributed by atoms with Crippen LogP contribution in [-0.2, 0) is 16.6 Å². The molecular weight excluding hydrogens is 348 g/mol. The Morgan fingerprint density at radius 3 is 2.74 bits per heavy atom. The molecule has 2 aromatic rings. The third kappa shape index (κ3) is 3.32. The third-order valence-electron chi connectivity index (χ3n) is 2.66. The summed E-state index contributed by atoms with van der Waals surface area (Å²) >= 11 is 4.93. The van der Waals surface area contributed by atoms with E-state index in [-0.39, 0.29) is 5.56 Å². The number of rotatable bonds is 4. The summed E-state index contributed by atoms with van der Waals surface area (Å²) in [6, 6.07) is 6.82. The van der Waals surface area contributed by atoms with E-state index in [1.165, 1.54) is 17.4 Å². The molecule has 1 N–H and O–H groups in total. The fourth-order valence-electron chi connectivity index (χ4n) is 1.60. The second-order valence-electron chi connectivity index (χ2n) is 3.96. The fraction of sp³-hybridized carbons (Fsp3) is 0.154. The quantitative estimate of drug-likeness (QED) is 0.903. The molecule has 0 fully saturated rings. The number of thiophene rings is 1. The van der Waals surface area contributed by atoms with Gasteiger partial charge in [-0.2, -0.15) is 0 Å². The van der Waals surface area contributed by atoms with Gasteiger partial charge in [-0.1, -0.05) is 6.07 Å². The Labute approximate surface area is 125 Å². The van der Waals surface area contributed by atoms with E-state index in [1.807, 2.05) is 11.4 Å². The Balaban J connectivity index is 2.27. The van der Waals surface area contributed by atoms with Gasteiger partial charge in [0.25, 0.3) is 0 Å². The maximum absolute atomic E-state index is 12.3. The maximum Gasteiger partial charge on any atom is 0.335 e. The Morgan fingerprint density at radius 1 is 1.42 bits per heavy atom. The summed E-state index contributed by atoms with van der Waals surface area (Å²) in [4.78, 5) is 12.6. The molecule has 1 aromatic carbocycles. The van der Waals surface area contributed by atoms with Crippen molar-refractivity contribution in [2.45, 2.75) is 17.6 Å². The summed E-state index contributed by atoms with van der Waals surface area (Å²) < 4.78 is 13.2. The van der Waals surface area contributed by atoms with Gasteiger partial charge in [-0.15, -0.1) is 11.3 Å². The van der Waals surface area contributed by atoms with Gasteiger partial charge in [0, 0.05) is 14.2 Å². The number of carboxylic acids is 1. The van der Waals surface area contributed by atoms with Crippen LogP contribution in [0.1, 0.15) is 20.8 Å². The van der Waals surface area contributed by atoms with E-state index < -0.39 is 16.8 Å². The van der Waals surface area contributed by atoms with Crippen LogP contribution in [0.15, 0.2) is 39.0 Å². The van der Waals surface area contributed by atoms with Gasteiger partial charge in [0.15, 0.2) is 0 Å². The summed E-state index contributed by atoms with van der Waals surface area (Å²) in [7, 11) is -1.24. The van der Waals surface area contributed by atoms with Gasteiger partial charge in [0.2, 0.25) is 0 Å². The van der Waals surface area contributed by atoms with Gasteiger partial charge in [-0.3, -0.25) is 4.21 Å². The predicted molar refractivity (Wildman–Crippen MR) is 80.3 cm³/mol. The highest BCUT2D eigenvalue weighted by atomic mass is 79.9. The highest BCUT2D eigenvalue weighted by Crippen LogP contribution is 2.26. The van der Waals surface area contributed by atoms with Crippen LogP contribution in [0.25, 0.3) is 0 Å². The first-order chi connectivity index (χ1) is 8.99. The average molecular weight is 359 g/mol. The highest BCUT2D eigenvalue weighted by molar-refractivity contribution is 9.10. The lowest BCUT2D eigenvalue weighted by atomic mass is 10.1. The topological polar surface area (TPSA) is 54.4 Å². The fourth-order valence-corrected chi connectivity index (χ4v) is 4.69. The largest absolute Gasteiger partial charge is 0.478 e. The second-order valence-corrected chi connectivity index (χ2v) is 7.27. The monoisotopic (exact) mass is 358 g/mol. The van der Waals surface area contributed by atoms with Crippen molar-refractivity contribution in [3.8, 4) is 0 Å². The van der Waals surface area contributed by atoms with E-state index in [2.05, 4.69) is 15.9 Å². The molecule has 0 aliphatic carbocycles. The van der Waals surface area contributed by atoms with E-state index in [9.17, 15) is 9.00 Å². The van der Waals surface area contributed by atoms with Crippen LogP contribution >= 0.6 is 27.3 Å². The molecule has 0 bridgehead atoms. The Kier molecular flexibility index (Phi) is 4.54. The number of aromatic carboxylic acids is 1. The van der Waals surface area contributed by atoms with Gasteiger partial charge in [0.05, 0.1) is 22.1 Å². The summed E-state index contributed by atoms with van der Waals surface area (Å²) in [6.45, 7) is 1.73. The van der Waals surface area contributed by atoms with Crippen LogP contribution < -0.4 is 0 Å². The molecule has 19 heavy (non-hydrogen) atoms. The molecular formula is C13H11BrO3S2. The van der Waals surface area contributed by atoms with Gasteiger partial charge in [-0.25, -0.2) is 4.79 Å². The number of hydrogen-bond acceptors (Lipinski definition) is 3. The molecule has 1 unspecified atom stereocenters. The average Bonchev–Trinajstić information content (AvgIpc) is 2.75. The molecule has 0 spiro atoms. The molecule has 0 amide bonds. The predicted octanol–water partition coefficient (Wildman–Crippen LogP) is 3.83. The number of carboxylic acid groups (broad SMARTS) is 1. The van der Waals surface area contributed by atoms with Crippen LogP contribution in [-0.4, -0.2) is 15.3 Å². The SMILES string of the molecule is Cc1ccc(S(=O)Cc2sccc2Br)cc1C(=O)O. The van der Waals surface area contributed by atoms with Crippen LogP contribution in [0.4, 0.5) is 0 Å². The molecule has 1 heterocycles. The number of carbonyl (C=O) groups is 1. The van der Waals surface area contributed by atoms with Crippen molar-refractivity contribution in [3.63, 3.8) is 0 Å². The van der Waals surface area contributed by atoms with E-state index in [0.717, 1.165) is 9.35 Å². The third-order valence-corrected chi connectivity index (χ3v) is 6.10. The van der Waals surface area contributed by atoms with Crippen molar-refractivity contribution in [2.75, 3.05) is 0 Å². The van der Waals surface area contributed by atoms with Crippen molar-refractivity contribution in [1.82, 2.24) is 0 Å². The minimum absolute atomic E-state index is 0.205. The van der Waals surface area contributed by atoms with Gasteiger partial charge >= 0.3 is 5.97 Å². The lowest BCUT2D eigenvalue weighted by molar-refractivity contribution is 0.0696. The number of hydrogen-bond donors (Lipinski definition) is 1. The molecule has 0 radical (unpaired) electrons. The molecule has 3 nitrogen and oxygen atoms in total. The van der Waals surface area contributed by atoms with Crippen molar-refractivity contribution in [1.29, 1.82) is 0 Å². The lowest BCUT2D eigenvalue weighted by Crippen LogP contribution is -2.03. The molecule has 2 rings (SSSR count). The van der Waals surface area contributed by atoms with Crippen molar-refractivity contribution < 1.29 is 14.1 Å². The summed E-state index contributed by atoms with van der Waals surface area (Å²) in [5.74, 6) is -0.603. The zero-order chi connectivity index (χ0) is 14.0. The van der Waals surface area contributed by atoms with E-state index >= 15 is 0 Å². The Morgan fingerprint density at radius 2 is 2.16 bits per heavy atom. The van der Waals surface area contributed by atoms with E-state index in [1.54, 1.807) is 19.1 Å². The number of halogens is 1. The second kappa shape index (κ2) is 5.98. The first kappa shape index (κ1) is 14.4. The van der Waals surface area contributed by atoms with E-state index in [0.29, 0.717) is 16.2 Å². The highest BCUT2D eigenvalue weighted by Gasteiger charge is 2.13. The normalized spacial score (nSPS) is 12.3. The Hall–Kier alpha value is -0.980. The maximum atomic E-state index is 12.3. The van der Waals surface area contributed by atoms with Crippen LogP contribution in [0, 0.1) is 6.92 Å². The van der Waals surface area contributed by atoms with Gasteiger partial charge < -0.3 is 5.11 Å². The first-order valence-corrected chi connectivity index (χ1v) is 8.42. The summed E-state index contributed by atoms with van der Waals surface area (Å²) in [5.41, 5.74) is 0.877. The van der Waals surface area contributed by atoms with Crippen molar-refractivity contribution in [3.05, 3.63) is 50.1 Å². The molecule has 0 aliphatic rings. The standard InChI is InChI=1S/C13H11BrO3S2/c1-8-2-3-9(6-10(8)13(15)16)19(17)7-12-11(14)4-5-18-12/h2-6H,7H2,1H3,(H,15,16). The zero-order valence-corrected chi connectivity index (χ0v) is 13.3. The molecule has 0 saturated heterocycles. The molecule has 0 aliphatic heterocycles. The van der Waals surface area contributed by atoms with Crippen molar-refractivity contribution in [2.24, 2.45) is 0 Å².